The van der Waals surface area contributed by atoms with Gasteiger partial charge >= 0.3 is 6.03 Å². The number of aromatic nitrogens is 2. The van der Waals surface area contributed by atoms with E-state index < -0.39 is 6.04 Å². The van der Waals surface area contributed by atoms with Crippen molar-refractivity contribution in [1.82, 2.24) is 14.5 Å². The molecule has 1 aromatic heterocycles. The van der Waals surface area contributed by atoms with Crippen LogP contribution in [-0.4, -0.2) is 34.1 Å². The van der Waals surface area contributed by atoms with E-state index in [4.69, 9.17) is 9.72 Å². The highest BCUT2D eigenvalue weighted by Gasteiger charge is 2.28. The van der Waals surface area contributed by atoms with Crippen LogP contribution in [0.25, 0.3) is 16.6 Å². The molecule has 0 saturated heterocycles. The van der Waals surface area contributed by atoms with E-state index in [1.54, 1.807) is 22.6 Å². The number of nitrogens with zero attached hydrogens (tertiary/aromatic N) is 3. The molecule has 0 aliphatic rings. The van der Waals surface area contributed by atoms with E-state index in [2.05, 4.69) is 12.2 Å². The third kappa shape index (κ3) is 5.57. The Hall–Kier alpha value is -4.13. The zero-order chi connectivity index (χ0) is 27.2. The first-order chi connectivity index (χ1) is 18.3. The van der Waals surface area contributed by atoms with Crippen molar-refractivity contribution in [2.75, 3.05) is 19.0 Å². The number of aryl methyl sites for hydroxylation is 2. The summed E-state index contributed by atoms with van der Waals surface area (Å²) in [5.41, 5.74) is 3.72. The summed E-state index contributed by atoms with van der Waals surface area (Å²) in [5.74, 6) is 1.04. The van der Waals surface area contributed by atoms with Gasteiger partial charge in [-0.25, -0.2) is 9.78 Å². The van der Waals surface area contributed by atoms with Crippen molar-refractivity contribution >= 4 is 22.6 Å². The molecule has 1 unspecified atom stereocenters. The predicted octanol–water partition coefficient (Wildman–Crippen LogP) is 6.80. The molecule has 4 aromatic rings. The molecular weight excluding hydrogens is 476 g/mol. The van der Waals surface area contributed by atoms with Gasteiger partial charge < -0.3 is 15.0 Å². The molecule has 7 nitrogen and oxygen atoms in total. The SMILES string of the molecule is CCCCCN(C(=O)Nc1ccccc1C)C(C)c1nc2ccccc2c(=O)n1-c1cc(C)ccc1OC. The van der Waals surface area contributed by atoms with Gasteiger partial charge in [-0.3, -0.25) is 9.36 Å². The molecule has 38 heavy (non-hydrogen) atoms. The van der Waals surface area contributed by atoms with Gasteiger partial charge in [-0.2, -0.15) is 0 Å². The molecule has 0 fully saturated rings. The highest BCUT2D eigenvalue weighted by atomic mass is 16.5. The van der Waals surface area contributed by atoms with Gasteiger partial charge in [0.1, 0.15) is 11.6 Å². The van der Waals surface area contributed by atoms with Gasteiger partial charge in [-0.15, -0.1) is 0 Å². The fourth-order valence-corrected chi connectivity index (χ4v) is 4.68. The van der Waals surface area contributed by atoms with Crippen LogP contribution in [0, 0.1) is 13.8 Å². The van der Waals surface area contributed by atoms with Gasteiger partial charge in [-0.05, 0) is 68.7 Å². The van der Waals surface area contributed by atoms with E-state index in [-0.39, 0.29) is 11.6 Å². The van der Waals surface area contributed by atoms with E-state index in [1.807, 2.05) is 81.4 Å². The van der Waals surface area contributed by atoms with Crippen molar-refractivity contribution < 1.29 is 9.53 Å². The van der Waals surface area contributed by atoms with Gasteiger partial charge in [0.2, 0.25) is 0 Å². The number of carbonyl (C=O) groups excluding carboxylic acids is 1. The van der Waals surface area contributed by atoms with Gasteiger partial charge in [0.25, 0.3) is 5.56 Å². The van der Waals surface area contributed by atoms with Crippen LogP contribution < -0.4 is 15.6 Å². The average molecular weight is 513 g/mol. The van der Waals surface area contributed by atoms with Crippen LogP contribution in [0.1, 0.15) is 56.1 Å². The van der Waals surface area contributed by atoms with Crippen molar-refractivity contribution in [3.8, 4) is 11.4 Å². The zero-order valence-electron chi connectivity index (χ0n) is 22.8. The number of urea groups is 1. The number of nitrogens with one attached hydrogen (secondary N) is 1. The molecule has 198 valence electrons. The van der Waals surface area contributed by atoms with Crippen molar-refractivity contribution in [2.24, 2.45) is 0 Å². The molecule has 4 rings (SSSR count). The first kappa shape index (κ1) is 26.9. The molecule has 1 atom stereocenters. The summed E-state index contributed by atoms with van der Waals surface area (Å²) in [5, 5.41) is 3.59. The van der Waals surface area contributed by atoms with Crippen molar-refractivity contribution in [1.29, 1.82) is 0 Å². The minimum atomic E-state index is -0.501. The maximum atomic E-state index is 14.0. The molecule has 7 heteroatoms. The van der Waals surface area contributed by atoms with E-state index in [0.717, 1.165) is 36.1 Å². The Morgan fingerprint density at radius 3 is 2.53 bits per heavy atom. The standard InChI is InChI=1S/C31H36N4O3/c1-6-7-12-19-34(31(37)33-25-15-10-8-13-22(25)3)23(4)29-32-26-16-11-9-14-24(26)30(36)35(29)27-20-21(2)17-18-28(27)38-5/h8-11,13-18,20,23H,6-7,12,19H2,1-5H3,(H,33,37). The molecule has 0 bridgehead atoms. The number of hydrogen-bond acceptors (Lipinski definition) is 4. The lowest BCUT2D eigenvalue weighted by Crippen LogP contribution is -2.40. The quantitative estimate of drug-likeness (QED) is 0.250. The maximum Gasteiger partial charge on any atom is 0.322 e. The summed E-state index contributed by atoms with van der Waals surface area (Å²) in [7, 11) is 1.59. The first-order valence-corrected chi connectivity index (χ1v) is 13.2. The minimum absolute atomic E-state index is 0.200. The summed E-state index contributed by atoms with van der Waals surface area (Å²) < 4.78 is 7.26. The highest BCUT2D eigenvalue weighted by Crippen LogP contribution is 2.29. The van der Waals surface area contributed by atoms with Crippen LogP contribution in [0.3, 0.4) is 0 Å². The normalized spacial score (nSPS) is 11.8. The number of rotatable bonds is 9. The fraction of sp³-hybridized carbons (Fsp3) is 0.323. The Labute approximate surface area is 224 Å². The van der Waals surface area contributed by atoms with E-state index in [9.17, 15) is 9.59 Å². The first-order valence-electron chi connectivity index (χ1n) is 13.2. The topological polar surface area (TPSA) is 76.5 Å². The van der Waals surface area contributed by atoms with Crippen LogP contribution in [0.5, 0.6) is 5.75 Å². The number of fused-ring (bicyclic) bond motifs is 1. The molecular formula is C31H36N4O3. The fourth-order valence-electron chi connectivity index (χ4n) is 4.68. The summed E-state index contributed by atoms with van der Waals surface area (Å²) >= 11 is 0. The Bertz CT molecular complexity index is 1490. The molecule has 0 aliphatic heterocycles. The molecule has 0 aliphatic carbocycles. The van der Waals surface area contributed by atoms with Gasteiger partial charge in [-0.1, -0.05) is 56.2 Å². The van der Waals surface area contributed by atoms with Crippen molar-refractivity contribution in [2.45, 2.75) is 53.0 Å². The predicted molar refractivity (Wildman–Crippen MR) is 153 cm³/mol. The lowest BCUT2D eigenvalue weighted by Gasteiger charge is -2.31. The monoisotopic (exact) mass is 512 g/mol. The zero-order valence-corrected chi connectivity index (χ0v) is 22.8. The van der Waals surface area contributed by atoms with Crippen molar-refractivity contribution in [3.05, 3.63) is 94.0 Å². The third-order valence-electron chi connectivity index (χ3n) is 6.87. The van der Waals surface area contributed by atoms with Gasteiger partial charge in [0, 0.05) is 12.2 Å². The Morgan fingerprint density at radius 2 is 1.79 bits per heavy atom. The maximum absolute atomic E-state index is 14.0. The number of anilines is 1. The minimum Gasteiger partial charge on any atom is -0.495 e. The molecule has 1 heterocycles. The number of hydrogen-bond donors (Lipinski definition) is 1. The number of unbranched alkanes of at least 4 members (excludes halogenated alkanes) is 2. The summed E-state index contributed by atoms with van der Waals surface area (Å²) in [6, 6.07) is 20.0. The largest absolute Gasteiger partial charge is 0.495 e. The third-order valence-corrected chi connectivity index (χ3v) is 6.87. The smallest absolute Gasteiger partial charge is 0.322 e. The van der Waals surface area contributed by atoms with E-state index >= 15 is 0 Å². The summed E-state index contributed by atoms with van der Waals surface area (Å²) in [6.07, 6.45) is 2.86. The highest BCUT2D eigenvalue weighted by molar-refractivity contribution is 5.90. The molecule has 0 saturated carbocycles. The summed E-state index contributed by atoms with van der Waals surface area (Å²) in [6.45, 7) is 8.53. The van der Waals surface area contributed by atoms with Crippen molar-refractivity contribution in [3.63, 3.8) is 0 Å². The van der Waals surface area contributed by atoms with Gasteiger partial charge in [0.15, 0.2) is 0 Å². The second-order valence-electron chi connectivity index (χ2n) is 9.62. The Kier molecular flexibility index (Phi) is 8.46. The molecule has 2 amide bonds. The van der Waals surface area contributed by atoms with Crippen LogP contribution in [0.2, 0.25) is 0 Å². The second-order valence-corrected chi connectivity index (χ2v) is 9.62. The van der Waals surface area contributed by atoms with Crippen LogP contribution in [-0.2, 0) is 0 Å². The Morgan fingerprint density at radius 1 is 1.05 bits per heavy atom. The number of methoxy groups -OCH3 is 1. The van der Waals surface area contributed by atoms with Crippen LogP contribution in [0.4, 0.5) is 10.5 Å². The molecule has 3 aromatic carbocycles. The second kappa shape index (κ2) is 11.9. The molecule has 0 spiro atoms. The van der Waals surface area contributed by atoms with Crippen LogP contribution in [0.15, 0.2) is 71.5 Å². The summed E-state index contributed by atoms with van der Waals surface area (Å²) in [4.78, 5) is 34.4. The molecule has 1 N–H and O–H groups in total. The Balaban J connectivity index is 1.88. The number of para-hydroxylation sites is 2. The van der Waals surface area contributed by atoms with E-state index in [0.29, 0.717) is 34.7 Å². The number of amides is 2. The van der Waals surface area contributed by atoms with Gasteiger partial charge in [0.05, 0.1) is 29.7 Å². The average Bonchev–Trinajstić information content (AvgIpc) is 2.92. The number of ether oxygens (including phenoxy) is 1. The van der Waals surface area contributed by atoms with Crippen LogP contribution >= 0.6 is 0 Å². The lowest BCUT2D eigenvalue weighted by atomic mass is 10.1. The number of carbonyl (C=O) groups is 1. The lowest BCUT2D eigenvalue weighted by molar-refractivity contribution is 0.187. The number of benzene rings is 3. The molecule has 0 radical (unpaired) electrons. The van der Waals surface area contributed by atoms with E-state index in [1.165, 1.54) is 0 Å².